The minimum atomic E-state index is -6.59. The summed E-state index contributed by atoms with van der Waals surface area (Å²) in [6.07, 6.45) is -16.0. The molecule has 3 saturated heterocycles. The Morgan fingerprint density at radius 2 is 1.21 bits per heavy atom. The Labute approximate surface area is 184 Å². The summed E-state index contributed by atoms with van der Waals surface area (Å²) >= 11 is 0. The molecule has 3 aliphatic heterocycles. The van der Waals surface area contributed by atoms with Gasteiger partial charge in [-0.1, -0.05) is 0 Å². The molecule has 0 saturated carbocycles. The average molecular weight is 496 g/mol. The summed E-state index contributed by atoms with van der Waals surface area (Å²) < 4.78 is 115. The van der Waals surface area contributed by atoms with E-state index in [1.165, 1.54) is 50.2 Å². The van der Waals surface area contributed by atoms with Crippen LogP contribution in [-0.2, 0) is 28.6 Å². The molecular formula is C21H19F6O5P. The SMILES string of the molecule is C[C@H]1OP23(O[C@@H]1C)O[C@@H](c1ccccc1)[C@](c1ccccc1)(OC2(C(F)(F)F)C(F)(F)F)O3. The van der Waals surface area contributed by atoms with Gasteiger partial charge in [0.25, 0.3) is 0 Å². The molecule has 0 radical (unpaired) electrons. The Morgan fingerprint density at radius 3 is 1.70 bits per heavy atom. The molecule has 3 heterocycles. The summed E-state index contributed by atoms with van der Waals surface area (Å²) in [5.74, 6) is -2.64. The van der Waals surface area contributed by atoms with Crippen molar-refractivity contribution >= 4 is 7.51 Å². The van der Waals surface area contributed by atoms with Crippen LogP contribution in [-0.4, -0.2) is 29.9 Å². The monoisotopic (exact) mass is 496 g/mol. The normalized spacial score (nSPS) is 35.4. The molecule has 5 nitrogen and oxygen atoms in total. The molecule has 3 aliphatic rings. The van der Waals surface area contributed by atoms with Crippen molar-refractivity contribution in [2.75, 3.05) is 0 Å². The van der Waals surface area contributed by atoms with Gasteiger partial charge in [0.1, 0.15) is 0 Å². The Balaban J connectivity index is 1.86. The van der Waals surface area contributed by atoms with Gasteiger partial charge in [-0.2, -0.15) is 0 Å². The van der Waals surface area contributed by atoms with Gasteiger partial charge in [0, 0.05) is 0 Å². The summed E-state index contributed by atoms with van der Waals surface area (Å²) in [5.41, 5.74) is 0.135. The number of halogens is 6. The molecule has 2 aromatic carbocycles. The van der Waals surface area contributed by atoms with E-state index in [0.717, 1.165) is 0 Å². The number of fused-ring (bicyclic) bond motifs is 1. The van der Waals surface area contributed by atoms with E-state index in [2.05, 4.69) is 0 Å². The third-order valence-corrected chi connectivity index (χ3v) is 10.3. The number of hydrogen-bond donors (Lipinski definition) is 0. The molecule has 0 aliphatic carbocycles. The topological polar surface area (TPSA) is 46.2 Å². The fourth-order valence-electron chi connectivity index (χ4n) is 4.60. The maximum absolute atomic E-state index is 14.6. The molecule has 0 aromatic heterocycles. The number of ether oxygens (including phenoxy) is 1. The van der Waals surface area contributed by atoms with Crippen LogP contribution in [0.25, 0.3) is 0 Å². The van der Waals surface area contributed by atoms with E-state index in [1.807, 2.05) is 0 Å². The van der Waals surface area contributed by atoms with Crippen molar-refractivity contribution in [1.29, 1.82) is 0 Å². The van der Waals surface area contributed by atoms with E-state index in [1.54, 1.807) is 24.3 Å². The van der Waals surface area contributed by atoms with Crippen LogP contribution in [0.3, 0.4) is 0 Å². The second-order valence-electron chi connectivity index (χ2n) is 8.20. The first kappa shape index (κ1) is 23.0. The van der Waals surface area contributed by atoms with Gasteiger partial charge in [-0.3, -0.25) is 0 Å². The first-order valence-corrected chi connectivity index (χ1v) is 12.0. The minimum absolute atomic E-state index is 0.102. The Morgan fingerprint density at radius 1 is 0.727 bits per heavy atom. The molecule has 0 amide bonds. The van der Waals surface area contributed by atoms with E-state index in [0.29, 0.717) is 0 Å². The van der Waals surface area contributed by atoms with Gasteiger partial charge >= 0.3 is 184 Å². The summed E-state index contributed by atoms with van der Waals surface area (Å²) in [6, 6.07) is 14.8. The van der Waals surface area contributed by atoms with Crippen molar-refractivity contribution in [3.05, 3.63) is 71.8 Å². The van der Waals surface area contributed by atoms with Crippen molar-refractivity contribution in [2.24, 2.45) is 0 Å². The zero-order chi connectivity index (χ0) is 23.9. The molecule has 1 spiro atoms. The van der Waals surface area contributed by atoms with Crippen LogP contribution in [0, 0.1) is 0 Å². The molecule has 0 unspecified atom stereocenters. The van der Waals surface area contributed by atoms with Crippen LogP contribution in [0.4, 0.5) is 26.3 Å². The van der Waals surface area contributed by atoms with Crippen molar-refractivity contribution in [2.45, 2.75) is 55.6 Å². The van der Waals surface area contributed by atoms with Crippen LogP contribution in [0.5, 0.6) is 0 Å². The predicted octanol–water partition coefficient (Wildman–Crippen LogP) is 6.52. The summed E-state index contributed by atoms with van der Waals surface area (Å²) in [4.78, 5) is 0. The third kappa shape index (κ3) is 2.66. The van der Waals surface area contributed by atoms with Gasteiger partial charge in [-0.15, -0.1) is 0 Å². The van der Waals surface area contributed by atoms with Gasteiger partial charge in [0.2, 0.25) is 0 Å². The Bertz CT molecular complexity index is 1040. The number of alkyl halides is 6. The summed E-state index contributed by atoms with van der Waals surface area (Å²) in [6.45, 7) is 2.59. The first-order chi connectivity index (χ1) is 15.3. The van der Waals surface area contributed by atoms with Crippen molar-refractivity contribution in [3.63, 3.8) is 0 Å². The Kier molecular flexibility index (Phi) is 4.66. The van der Waals surface area contributed by atoms with Gasteiger partial charge < -0.3 is 0 Å². The van der Waals surface area contributed by atoms with Gasteiger partial charge in [-0.25, -0.2) is 0 Å². The van der Waals surface area contributed by atoms with E-state index in [9.17, 15) is 26.3 Å². The maximum atomic E-state index is 14.6. The van der Waals surface area contributed by atoms with E-state index >= 15 is 0 Å². The van der Waals surface area contributed by atoms with Crippen molar-refractivity contribution < 1.29 is 49.2 Å². The molecule has 33 heavy (non-hydrogen) atoms. The van der Waals surface area contributed by atoms with Gasteiger partial charge in [-0.05, 0) is 0 Å². The number of rotatable bonds is 2. The standard InChI is InChI=1S/C21H19F6O5P/c1-13-14(2)29-33(28-13)19(20(22,23)24,21(25,26)27)31-18(32-33,16-11-7-4-8-12-16)17(30-33)15-9-5-3-6-10-15/h3-14,17H,1-2H3/t13-,14-,17+,18-/m1/s1. The summed E-state index contributed by atoms with van der Waals surface area (Å²) in [5, 5.41) is -4.98. The molecule has 180 valence electrons. The van der Waals surface area contributed by atoms with E-state index < -0.39 is 49.3 Å². The Hall–Kier alpha value is -1.75. The zero-order valence-corrected chi connectivity index (χ0v) is 18.2. The fraction of sp³-hybridized carbons (Fsp3) is 0.429. The van der Waals surface area contributed by atoms with Crippen molar-refractivity contribution in [3.8, 4) is 0 Å². The molecule has 0 N–H and O–H groups in total. The molecule has 2 bridgehead atoms. The van der Waals surface area contributed by atoms with E-state index in [-0.39, 0.29) is 11.1 Å². The van der Waals surface area contributed by atoms with E-state index in [4.69, 9.17) is 22.8 Å². The molecule has 3 fully saturated rings. The molecule has 4 atom stereocenters. The third-order valence-electron chi connectivity index (χ3n) is 6.14. The van der Waals surface area contributed by atoms with Crippen LogP contribution in [0.15, 0.2) is 60.7 Å². The quantitative estimate of drug-likeness (QED) is 0.350. The van der Waals surface area contributed by atoms with Crippen LogP contribution < -0.4 is 0 Å². The van der Waals surface area contributed by atoms with Crippen LogP contribution in [0.1, 0.15) is 31.1 Å². The second-order valence-corrected chi connectivity index (χ2v) is 11.3. The fourth-order valence-corrected chi connectivity index (χ4v) is 9.39. The second kappa shape index (κ2) is 6.68. The van der Waals surface area contributed by atoms with Crippen LogP contribution in [0.2, 0.25) is 0 Å². The van der Waals surface area contributed by atoms with Gasteiger partial charge in [0.15, 0.2) is 0 Å². The summed E-state index contributed by atoms with van der Waals surface area (Å²) in [7, 11) is -6.59. The first-order valence-electron chi connectivity index (χ1n) is 10.0. The number of hydrogen-bond acceptors (Lipinski definition) is 5. The molecule has 12 heteroatoms. The molecule has 5 rings (SSSR count). The zero-order valence-electron chi connectivity index (χ0n) is 17.3. The average Bonchev–Trinajstić information content (AvgIpc) is 3.29. The molecule has 2 aromatic rings. The van der Waals surface area contributed by atoms with Gasteiger partial charge in [0.05, 0.1) is 0 Å². The molecular weight excluding hydrogens is 477 g/mol. The number of benzene rings is 2. The van der Waals surface area contributed by atoms with Crippen molar-refractivity contribution in [1.82, 2.24) is 0 Å². The van der Waals surface area contributed by atoms with Crippen LogP contribution >= 0.6 is 7.51 Å². The predicted molar refractivity (Wildman–Crippen MR) is 103 cm³/mol.